The third-order valence-corrected chi connectivity index (χ3v) is 1.47. The molecule has 0 amide bonds. The summed E-state index contributed by atoms with van der Waals surface area (Å²) >= 11 is 0. The second kappa shape index (κ2) is 2.64. The average Bonchev–Trinajstić information content (AvgIpc) is 1.59. The standard InChI is InChI=1S/C6H12O3/c1-4-2-5(7)3-6(8)9-4/h4-8H,2-3H2,1H3/t4?,5-,6+/m1/s1. The second-order valence-electron chi connectivity index (χ2n) is 2.53. The van der Waals surface area contributed by atoms with Gasteiger partial charge in [0.2, 0.25) is 0 Å². The highest BCUT2D eigenvalue weighted by Crippen LogP contribution is 2.16. The average molecular weight is 132 g/mol. The maximum absolute atomic E-state index is 9.01. The zero-order chi connectivity index (χ0) is 6.85. The fourth-order valence-electron chi connectivity index (χ4n) is 1.09. The van der Waals surface area contributed by atoms with Gasteiger partial charge in [0, 0.05) is 6.42 Å². The number of hydrogen-bond acceptors (Lipinski definition) is 3. The molecule has 0 spiro atoms. The molecule has 3 nitrogen and oxygen atoms in total. The molecule has 1 saturated heterocycles. The van der Waals surface area contributed by atoms with E-state index in [1.54, 1.807) is 0 Å². The van der Waals surface area contributed by atoms with Crippen LogP contribution in [0.25, 0.3) is 0 Å². The lowest BCUT2D eigenvalue weighted by atomic mass is 10.1. The van der Waals surface area contributed by atoms with Gasteiger partial charge in [-0.15, -0.1) is 0 Å². The van der Waals surface area contributed by atoms with E-state index < -0.39 is 6.29 Å². The van der Waals surface area contributed by atoms with Crippen LogP contribution in [0.15, 0.2) is 0 Å². The summed E-state index contributed by atoms with van der Waals surface area (Å²) in [4.78, 5) is 0. The molecule has 0 aliphatic carbocycles. The normalized spacial score (nSPS) is 45.0. The van der Waals surface area contributed by atoms with Crippen molar-refractivity contribution in [3.63, 3.8) is 0 Å². The lowest BCUT2D eigenvalue weighted by Gasteiger charge is -2.27. The van der Waals surface area contributed by atoms with Gasteiger partial charge in [0.15, 0.2) is 6.29 Å². The Bertz CT molecular complexity index is 69.3. The van der Waals surface area contributed by atoms with Crippen LogP contribution in [0.1, 0.15) is 19.8 Å². The monoisotopic (exact) mass is 132 g/mol. The molecule has 1 fully saturated rings. The molecule has 1 unspecified atom stereocenters. The molecule has 1 aliphatic heterocycles. The van der Waals surface area contributed by atoms with Crippen LogP contribution in [0.5, 0.6) is 0 Å². The highest BCUT2D eigenvalue weighted by Gasteiger charge is 2.23. The summed E-state index contributed by atoms with van der Waals surface area (Å²) in [6.07, 6.45) is -0.169. The first-order valence-electron chi connectivity index (χ1n) is 3.20. The van der Waals surface area contributed by atoms with Crippen LogP contribution in [0, 0.1) is 0 Å². The fourth-order valence-corrected chi connectivity index (χ4v) is 1.09. The van der Waals surface area contributed by atoms with E-state index in [2.05, 4.69) is 0 Å². The van der Waals surface area contributed by atoms with Gasteiger partial charge in [-0.3, -0.25) is 0 Å². The number of ether oxygens (including phenoxy) is 1. The zero-order valence-corrected chi connectivity index (χ0v) is 5.45. The van der Waals surface area contributed by atoms with Crippen molar-refractivity contribution in [3.05, 3.63) is 0 Å². The van der Waals surface area contributed by atoms with Gasteiger partial charge < -0.3 is 14.9 Å². The van der Waals surface area contributed by atoms with Crippen LogP contribution in [-0.4, -0.2) is 28.7 Å². The van der Waals surface area contributed by atoms with Crippen molar-refractivity contribution in [3.8, 4) is 0 Å². The quantitative estimate of drug-likeness (QED) is 0.482. The molecule has 0 aromatic heterocycles. The number of rotatable bonds is 0. The van der Waals surface area contributed by atoms with Crippen molar-refractivity contribution in [1.29, 1.82) is 0 Å². The highest BCUT2D eigenvalue weighted by atomic mass is 16.6. The fraction of sp³-hybridized carbons (Fsp3) is 1.00. The Labute approximate surface area is 54.3 Å². The number of aliphatic hydroxyl groups is 2. The Balaban J connectivity index is 2.34. The molecule has 3 heteroatoms. The minimum atomic E-state index is -0.760. The van der Waals surface area contributed by atoms with E-state index in [4.69, 9.17) is 14.9 Å². The summed E-state index contributed by atoms with van der Waals surface area (Å²) in [5, 5.41) is 17.9. The van der Waals surface area contributed by atoms with Gasteiger partial charge in [0.05, 0.1) is 12.2 Å². The predicted molar refractivity (Wildman–Crippen MR) is 31.8 cm³/mol. The molecule has 0 bridgehead atoms. The summed E-state index contributed by atoms with van der Waals surface area (Å²) in [7, 11) is 0. The van der Waals surface area contributed by atoms with Crippen molar-refractivity contribution in [2.75, 3.05) is 0 Å². The van der Waals surface area contributed by atoms with E-state index in [0.29, 0.717) is 12.8 Å². The summed E-state index contributed by atoms with van der Waals surface area (Å²) < 4.78 is 4.95. The Hall–Kier alpha value is -0.120. The summed E-state index contributed by atoms with van der Waals surface area (Å²) in [6.45, 7) is 1.84. The Morgan fingerprint density at radius 1 is 1.33 bits per heavy atom. The van der Waals surface area contributed by atoms with Crippen molar-refractivity contribution in [2.45, 2.75) is 38.3 Å². The maximum atomic E-state index is 9.01. The molecule has 1 rings (SSSR count). The minimum Gasteiger partial charge on any atom is -0.393 e. The molecule has 0 saturated carbocycles. The van der Waals surface area contributed by atoms with Crippen LogP contribution >= 0.6 is 0 Å². The van der Waals surface area contributed by atoms with Crippen LogP contribution in [0.4, 0.5) is 0 Å². The molecule has 1 aliphatic rings. The predicted octanol–water partition coefficient (Wildman–Crippen LogP) is -0.135. The van der Waals surface area contributed by atoms with Crippen molar-refractivity contribution < 1.29 is 14.9 Å². The molecule has 0 aromatic rings. The lowest BCUT2D eigenvalue weighted by Crippen LogP contribution is -2.33. The Morgan fingerprint density at radius 2 is 2.00 bits per heavy atom. The van der Waals surface area contributed by atoms with E-state index in [1.807, 2.05) is 6.92 Å². The first-order chi connectivity index (χ1) is 4.18. The van der Waals surface area contributed by atoms with Gasteiger partial charge in [-0.2, -0.15) is 0 Å². The topological polar surface area (TPSA) is 49.7 Å². The smallest absolute Gasteiger partial charge is 0.157 e. The Kier molecular flexibility index (Phi) is 2.05. The van der Waals surface area contributed by atoms with Gasteiger partial charge in [-0.25, -0.2) is 0 Å². The minimum absolute atomic E-state index is 0.0104. The van der Waals surface area contributed by atoms with Gasteiger partial charge in [0.1, 0.15) is 0 Å². The number of aliphatic hydroxyl groups excluding tert-OH is 2. The van der Waals surface area contributed by atoms with Gasteiger partial charge >= 0.3 is 0 Å². The van der Waals surface area contributed by atoms with Crippen molar-refractivity contribution in [1.82, 2.24) is 0 Å². The van der Waals surface area contributed by atoms with Gasteiger partial charge in [0.25, 0.3) is 0 Å². The molecular formula is C6H12O3. The van der Waals surface area contributed by atoms with E-state index in [0.717, 1.165) is 0 Å². The van der Waals surface area contributed by atoms with Gasteiger partial charge in [-0.05, 0) is 13.3 Å². The van der Waals surface area contributed by atoms with Crippen LogP contribution in [0.2, 0.25) is 0 Å². The van der Waals surface area contributed by atoms with Crippen LogP contribution in [-0.2, 0) is 4.74 Å². The molecule has 1 heterocycles. The van der Waals surface area contributed by atoms with E-state index in [-0.39, 0.29) is 12.2 Å². The summed E-state index contributed by atoms with van der Waals surface area (Å²) in [6, 6.07) is 0. The molecule has 2 N–H and O–H groups in total. The number of hydrogen-bond donors (Lipinski definition) is 2. The van der Waals surface area contributed by atoms with Crippen molar-refractivity contribution in [2.24, 2.45) is 0 Å². The molecule has 9 heavy (non-hydrogen) atoms. The lowest BCUT2D eigenvalue weighted by molar-refractivity contribution is -0.183. The van der Waals surface area contributed by atoms with Crippen molar-refractivity contribution >= 4 is 0 Å². The Morgan fingerprint density at radius 3 is 2.44 bits per heavy atom. The van der Waals surface area contributed by atoms with E-state index >= 15 is 0 Å². The molecule has 54 valence electrons. The molecular weight excluding hydrogens is 120 g/mol. The third kappa shape index (κ3) is 1.93. The molecule has 0 radical (unpaired) electrons. The zero-order valence-electron chi connectivity index (χ0n) is 5.45. The largest absolute Gasteiger partial charge is 0.393 e. The van der Waals surface area contributed by atoms with Crippen LogP contribution in [0.3, 0.4) is 0 Å². The first kappa shape index (κ1) is 6.99. The summed E-state index contributed by atoms with van der Waals surface area (Å²) in [5.74, 6) is 0. The summed E-state index contributed by atoms with van der Waals surface area (Å²) in [5.41, 5.74) is 0. The second-order valence-corrected chi connectivity index (χ2v) is 2.53. The SMILES string of the molecule is CC1C[C@@H](O)C[C@@H](O)O1. The first-order valence-corrected chi connectivity index (χ1v) is 3.20. The highest BCUT2D eigenvalue weighted by molar-refractivity contribution is 4.68. The molecule has 3 atom stereocenters. The third-order valence-electron chi connectivity index (χ3n) is 1.47. The van der Waals surface area contributed by atoms with E-state index in [9.17, 15) is 0 Å². The molecule has 0 aromatic carbocycles. The maximum Gasteiger partial charge on any atom is 0.157 e. The van der Waals surface area contributed by atoms with E-state index in [1.165, 1.54) is 0 Å². The van der Waals surface area contributed by atoms with Gasteiger partial charge in [-0.1, -0.05) is 0 Å². The van der Waals surface area contributed by atoms with Crippen LogP contribution < -0.4 is 0 Å².